The lowest BCUT2D eigenvalue weighted by molar-refractivity contribution is 0.601. The van der Waals surface area contributed by atoms with Gasteiger partial charge in [-0.15, -0.1) is 11.3 Å². The number of nitrogens with one attached hydrogen (secondary N) is 1. The second-order valence-corrected chi connectivity index (χ2v) is 11.7. The highest BCUT2D eigenvalue weighted by Gasteiger charge is 2.25. The average Bonchev–Trinajstić information content (AvgIpc) is 3.37. The minimum absolute atomic E-state index is 0.130. The number of rotatable bonds is 8. The third-order valence-electron chi connectivity index (χ3n) is 5.08. The molecule has 0 fully saturated rings. The first-order valence-electron chi connectivity index (χ1n) is 10.5. The quantitative estimate of drug-likeness (QED) is 0.329. The van der Waals surface area contributed by atoms with Gasteiger partial charge >= 0.3 is 0 Å². The number of thiophene rings is 1. The third-order valence-corrected chi connectivity index (χ3v) is 8.45. The smallest absolute Gasteiger partial charge is 0.274 e. The third kappa shape index (κ3) is 5.45. The maximum atomic E-state index is 13.3. The number of sulfonamides is 1. The molecule has 0 aliphatic rings. The van der Waals surface area contributed by atoms with Crippen LogP contribution >= 0.6 is 22.9 Å². The Labute approximate surface area is 206 Å². The Morgan fingerprint density at radius 1 is 1.18 bits per heavy atom. The highest BCUT2D eigenvalue weighted by atomic mass is 35.5. The van der Waals surface area contributed by atoms with E-state index < -0.39 is 15.8 Å². The van der Waals surface area contributed by atoms with Crippen LogP contribution in [0.4, 0.5) is 10.3 Å². The first kappa shape index (κ1) is 24.3. The van der Waals surface area contributed by atoms with E-state index in [2.05, 4.69) is 33.5 Å². The molecule has 0 saturated carbocycles. The normalized spacial score (nSPS) is 11.8. The van der Waals surface area contributed by atoms with Gasteiger partial charge in [0.25, 0.3) is 10.0 Å². The van der Waals surface area contributed by atoms with Gasteiger partial charge in [-0.3, -0.25) is 0 Å². The molecule has 0 spiro atoms. The average molecular weight is 520 g/mol. The van der Waals surface area contributed by atoms with Gasteiger partial charge in [-0.2, -0.15) is 0 Å². The predicted molar refractivity (Wildman–Crippen MR) is 132 cm³/mol. The molecule has 4 rings (SSSR count). The molecule has 0 atom stereocenters. The largest absolute Gasteiger partial charge is 0.331 e. The molecule has 1 aromatic carbocycles. The molecule has 4 aromatic rings. The summed E-state index contributed by atoms with van der Waals surface area (Å²) >= 11 is 7.79. The maximum Gasteiger partial charge on any atom is 0.274 e. The first-order chi connectivity index (χ1) is 16.1. The lowest BCUT2D eigenvalue weighted by Crippen LogP contribution is -2.14. The van der Waals surface area contributed by atoms with Crippen LogP contribution in [0.1, 0.15) is 30.1 Å². The van der Waals surface area contributed by atoms with Crippen molar-refractivity contribution < 1.29 is 12.8 Å². The molecule has 0 unspecified atom stereocenters. The lowest BCUT2D eigenvalue weighted by Gasteiger charge is -2.11. The van der Waals surface area contributed by atoms with E-state index >= 15 is 0 Å². The summed E-state index contributed by atoms with van der Waals surface area (Å²) in [5.74, 6) is 0.369. The lowest BCUT2D eigenvalue weighted by atomic mass is 10.0. The van der Waals surface area contributed by atoms with Gasteiger partial charge in [0, 0.05) is 27.9 Å². The second kappa shape index (κ2) is 9.81. The monoisotopic (exact) mass is 519 g/mol. The van der Waals surface area contributed by atoms with Crippen molar-refractivity contribution in [2.45, 2.75) is 37.9 Å². The van der Waals surface area contributed by atoms with Crippen LogP contribution in [0.3, 0.4) is 0 Å². The van der Waals surface area contributed by atoms with E-state index in [-0.39, 0.29) is 10.2 Å². The van der Waals surface area contributed by atoms with E-state index in [1.807, 2.05) is 35.9 Å². The number of benzene rings is 1. The Hall–Kier alpha value is -2.82. The van der Waals surface area contributed by atoms with Crippen LogP contribution < -0.4 is 4.72 Å². The molecule has 0 aliphatic heterocycles. The number of hydrogen-bond donors (Lipinski definition) is 1. The van der Waals surface area contributed by atoms with Crippen LogP contribution in [0.15, 0.2) is 53.3 Å². The summed E-state index contributed by atoms with van der Waals surface area (Å²) in [5.41, 5.74) is 2.12. The van der Waals surface area contributed by atoms with Crippen molar-refractivity contribution in [3.05, 3.63) is 76.2 Å². The molecule has 7 nitrogen and oxygen atoms in total. The standard InChI is InChI=1S/C23H23ClFN5O2S2/c1-14(2)8-19-10-20(22(33-19)34(31,32)29-23-27-11-18(25)12-28-23)16-4-5-17(21(24)9-16)13-30-7-6-26-15(30)3/h4-7,9-12,14H,8,13H2,1-3H3,(H,27,28,29). The first-order valence-corrected chi connectivity index (χ1v) is 13.2. The topological polar surface area (TPSA) is 89.8 Å². The van der Waals surface area contributed by atoms with Crippen molar-refractivity contribution in [3.8, 4) is 11.1 Å². The molecule has 0 bridgehead atoms. The van der Waals surface area contributed by atoms with E-state index in [0.29, 0.717) is 28.6 Å². The van der Waals surface area contributed by atoms with Gasteiger partial charge < -0.3 is 4.57 Å². The van der Waals surface area contributed by atoms with Crippen LogP contribution in [0.25, 0.3) is 11.1 Å². The zero-order chi connectivity index (χ0) is 24.5. The summed E-state index contributed by atoms with van der Waals surface area (Å²) in [7, 11) is -4.02. The summed E-state index contributed by atoms with van der Waals surface area (Å²) in [6, 6.07) is 7.42. The van der Waals surface area contributed by atoms with Crippen molar-refractivity contribution in [2.24, 2.45) is 5.92 Å². The Morgan fingerprint density at radius 2 is 1.91 bits per heavy atom. The minimum Gasteiger partial charge on any atom is -0.331 e. The fourth-order valence-electron chi connectivity index (χ4n) is 3.46. The number of imidazole rings is 1. The number of hydrogen-bond acceptors (Lipinski definition) is 6. The van der Waals surface area contributed by atoms with Gasteiger partial charge in [0.2, 0.25) is 5.95 Å². The van der Waals surface area contributed by atoms with E-state index in [1.54, 1.807) is 12.3 Å². The summed E-state index contributed by atoms with van der Waals surface area (Å²) in [6.07, 6.45) is 6.15. The molecule has 0 amide bonds. The molecular formula is C23H23ClFN5O2S2. The molecule has 34 heavy (non-hydrogen) atoms. The molecule has 0 radical (unpaired) electrons. The maximum absolute atomic E-state index is 13.3. The zero-order valence-corrected chi connectivity index (χ0v) is 21.2. The highest BCUT2D eigenvalue weighted by Crippen LogP contribution is 2.38. The molecule has 0 aliphatic carbocycles. The number of nitrogens with zero attached hydrogens (tertiary/aromatic N) is 4. The molecule has 3 heterocycles. The number of anilines is 1. The van der Waals surface area contributed by atoms with Crippen LogP contribution in [0, 0.1) is 18.7 Å². The zero-order valence-electron chi connectivity index (χ0n) is 18.8. The molecule has 3 aromatic heterocycles. The van der Waals surface area contributed by atoms with E-state index in [4.69, 9.17) is 11.6 Å². The van der Waals surface area contributed by atoms with Gasteiger partial charge in [-0.05, 0) is 42.5 Å². The van der Waals surface area contributed by atoms with Gasteiger partial charge in [-0.1, -0.05) is 37.6 Å². The Kier molecular flexibility index (Phi) is 7.01. The number of halogens is 2. The van der Waals surface area contributed by atoms with Gasteiger partial charge in [0.15, 0.2) is 5.82 Å². The van der Waals surface area contributed by atoms with Crippen LogP contribution in [0.2, 0.25) is 5.02 Å². The van der Waals surface area contributed by atoms with E-state index in [0.717, 1.165) is 35.1 Å². The van der Waals surface area contributed by atoms with Gasteiger partial charge in [0.1, 0.15) is 10.0 Å². The second-order valence-electron chi connectivity index (χ2n) is 8.25. The van der Waals surface area contributed by atoms with E-state index in [9.17, 15) is 12.8 Å². The Morgan fingerprint density at radius 3 is 2.53 bits per heavy atom. The summed E-state index contributed by atoms with van der Waals surface area (Å²) < 4.78 is 44.1. The molecule has 178 valence electrons. The van der Waals surface area contributed by atoms with Gasteiger partial charge in [0.05, 0.1) is 18.9 Å². The molecule has 11 heteroatoms. The number of aryl methyl sites for hydroxylation is 1. The van der Waals surface area contributed by atoms with Crippen LogP contribution in [-0.4, -0.2) is 27.9 Å². The Balaban J connectivity index is 1.72. The summed E-state index contributed by atoms with van der Waals surface area (Å²) in [4.78, 5) is 12.6. The summed E-state index contributed by atoms with van der Waals surface area (Å²) in [6.45, 7) is 6.62. The molecular weight excluding hydrogens is 497 g/mol. The van der Waals surface area contributed by atoms with Crippen molar-refractivity contribution in [2.75, 3.05) is 4.72 Å². The molecule has 1 N–H and O–H groups in total. The Bertz CT molecular complexity index is 1420. The van der Waals surface area contributed by atoms with Crippen molar-refractivity contribution in [3.63, 3.8) is 0 Å². The number of aromatic nitrogens is 4. The van der Waals surface area contributed by atoms with E-state index in [1.165, 1.54) is 11.3 Å². The fourth-order valence-corrected chi connectivity index (χ4v) is 6.60. The van der Waals surface area contributed by atoms with Crippen molar-refractivity contribution >= 4 is 38.9 Å². The van der Waals surface area contributed by atoms with Crippen LogP contribution in [-0.2, 0) is 23.0 Å². The summed E-state index contributed by atoms with van der Waals surface area (Å²) in [5, 5.41) is 0.528. The minimum atomic E-state index is -4.02. The SMILES string of the molecule is Cc1nccn1Cc1ccc(-c2cc(CC(C)C)sc2S(=O)(=O)Nc2ncc(F)cn2)cc1Cl. The van der Waals surface area contributed by atoms with Crippen molar-refractivity contribution in [1.82, 2.24) is 19.5 Å². The highest BCUT2D eigenvalue weighted by molar-refractivity contribution is 7.94. The van der Waals surface area contributed by atoms with Crippen molar-refractivity contribution in [1.29, 1.82) is 0 Å². The van der Waals surface area contributed by atoms with Crippen LogP contribution in [0.5, 0.6) is 0 Å². The van der Waals surface area contributed by atoms with Gasteiger partial charge in [-0.25, -0.2) is 32.5 Å². The fraction of sp³-hybridized carbons (Fsp3) is 0.261. The predicted octanol–water partition coefficient (Wildman–Crippen LogP) is 5.55. The molecule has 0 saturated heterocycles.